The lowest BCUT2D eigenvalue weighted by molar-refractivity contribution is -0.138. The van der Waals surface area contributed by atoms with Gasteiger partial charge in [0.1, 0.15) is 18.6 Å². The van der Waals surface area contributed by atoms with E-state index >= 15 is 0 Å². The fourth-order valence-corrected chi connectivity index (χ4v) is 2.52. The van der Waals surface area contributed by atoms with E-state index in [1.54, 1.807) is 0 Å². The number of amides is 3. The van der Waals surface area contributed by atoms with Crippen molar-refractivity contribution in [1.29, 1.82) is 0 Å². The SMILES string of the molecule is O=C(O)CC[C@H](NC(=O)c1cc(O)c(O)c(O)c1)C(=O)N[C@@H](CS)C(=O)NCC(=O)O. The Labute approximate surface area is 180 Å². The number of carbonyl (C=O) groups excluding carboxylic acids is 3. The summed E-state index contributed by atoms with van der Waals surface area (Å²) < 4.78 is 0. The van der Waals surface area contributed by atoms with E-state index in [0.29, 0.717) is 0 Å². The molecule has 14 heteroatoms. The van der Waals surface area contributed by atoms with E-state index in [2.05, 4.69) is 23.3 Å². The minimum Gasteiger partial charge on any atom is -0.504 e. The van der Waals surface area contributed by atoms with Crippen LogP contribution in [0.3, 0.4) is 0 Å². The molecule has 0 saturated carbocycles. The molecule has 13 nitrogen and oxygen atoms in total. The monoisotopic (exact) mass is 459 g/mol. The van der Waals surface area contributed by atoms with Gasteiger partial charge in [-0.25, -0.2) is 0 Å². The van der Waals surface area contributed by atoms with E-state index in [4.69, 9.17) is 10.2 Å². The third kappa shape index (κ3) is 7.93. The van der Waals surface area contributed by atoms with E-state index in [1.165, 1.54) is 0 Å². The molecule has 31 heavy (non-hydrogen) atoms. The Hall–Kier alpha value is -3.68. The maximum Gasteiger partial charge on any atom is 0.322 e. The molecule has 8 N–H and O–H groups in total. The van der Waals surface area contributed by atoms with Gasteiger partial charge in [-0.05, 0) is 18.6 Å². The van der Waals surface area contributed by atoms with Crippen LogP contribution in [0.15, 0.2) is 12.1 Å². The van der Waals surface area contributed by atoms with E-state index in [1.807, 2.05) is 5.32 Å². The van der Waals surface area contributed by atoms with Crippen LogP contribution in [-0.4, -0.2) is 79.6 Å². The van der Waals surface area contributed by atoms with Crippen LogP contribution in [0.2, 0.25) is 0 Å². The highest BCUT2D eigenvalue weighted by molar-refractivity contribution is 7.80. The predicted octanol–water partition coefficient (Wildman–Crippen LogP) is -1.62. The molecule has 0 aliphatic rings. The number of aromatic hydroxyl groups is 3. The average Bonchev–Trinajstić information content (AvgIpc) is 2.70. The summed E-state index contributed by atoms with van der Waals surface area (Å²) in [6, 6.07) is -1.10. The van der Waals surface area contributed by atoms with Crippen molar-refractivity contribution in [1.82, 2.24) is 16.0 Å². The summed E-state index contributed by atoms with van der Waals surface area (Å²) in [7, 11) is 0. The number of hydrogen-bond donors (Lipinski definition) is 9. The van der Waals surface area contributed by atoms with Crippen LogP contribution in [-0.2, 0) is 19.2 Å². The van der Waals surface area contributed by atoms with Crippen molar-refractivity contribution in [2.75, 3.05) is 12.3 Å². The first kappa shape index (κ1) is 25.4. The molecule has 0 radical (unpaired) electrons. The Bertz CT molecular complexity index is 853. The number of nitrogens with one attached hydrogen (secondary N) is 3. The zero-order valence-corrected chi connectivity index (χ0v) is 16.8. The molecule has 0 unspecified atom stereocenters. The Balaban J connectivity index is 2.97. The van der Waals surface area contributed by atoms with Gasteiger partial charge in [-0.3, -0.25) is 24.0 Å². The third-order valence-electron chi connectivity index (χ3n) is 3.83. The van der Waals surface area contributed by atoms with Gasteiger partial charge in [0, 0.05) is 17.7 Å². The molecule has 0 bridgehead atoms. The van der Waals surface area contributed by atoms with Crippen molar-refractivity contribution in [2.24, 2.45) is 0 Å². The number of carboxylic acid groups (broad SMARTS) is 2. The van der Waals surface area contributed by atoms with Crippen LogP contribution in [0, 0.1) is 0 Å². The van der Waals surface area contributed by atoms with E-state index in [9.17, 15) is 39.3 Å². The summed E-state index contributed by atoms with van der Waals surface area (Å²) in [5.74, 6) is -8.08. The van der Waals surface area contributed by atoms with Crippen LogP contribution in [0.5, 0.6) is 17.2 Å². The highest BCUT2D eigenvalue weighted by Gasteiger charge is 2.27. The Kier molecular flexibility index (Phi) is 9.40. The molecule has 0 aromatic heterocycles. The number of carboxylic acids is 2. The molecule has 2 atom stereocenters. The summed E-state index contributed by atoms with van der Waals surface area (Å²) in [6.45, 7) is -0.702. The first-order chi connectivity index (χ1) is 14.5. The Morgan fingerprint density at radius 1 is 0.871 bits per heavy atom. The van der Waals surface area contributed by atoms with Crippen molar-refractivity contribution in [2.45, 2.75) is 24.9 Å². The number of carbonyl (C=O) groups is 5. The summed E-state index contributed by atoms with van der Waals surface area (Å²) >= 11 is 3.90. The molecule has 0 spiro atoms. The summed E-state index contributed by atoms with van der Waals surface area (Å²) in [5.41, 5.74) is -0.342. The molecule has 1 aromatic carbocycles. The predicted molar refractivity (Wildman–Crippen MR) is 106 cm³/mol. The minimum atomic E-state index is -1.45. The number of rotatable bonds is 11. The molecule has 1 rings (SSSR count). The molecular formula is C17H21N3O10S. The van der Waals surface area contributed by atoms with Crippen LogP contribution >= 0.6 is 12.6 Å². The van der Waals surface area contributed by atoms with Gasteiger partial charge in [0.05, 0.1) is 0 Å². The molecule has 0 aliphatic carbocycles. The summed E-state index contributed by atoms with van der Waals surface area (Å²) in [4.78, 5) is 58.3. The van der Waals surface area contributed by atoms with Gasteiger partial charge in [0.2, 0.25) is 11.8 Å². The third-order valence-corrected chi connectivity index (χ3v) is 4.20. The van der Waals surface area contributed by atoms with Crippen molar-refractivity contribution in [3.8, 4) is 17.2 Å². The molecule has 0 heterocycles. The second kappa shape index (κ2) is 11.5. The molecular weight excluding hydrogens is 438 g/mol. The maximum absolute atomic E-state index is 12.5. The van der Waals surface area contributed by atoms with Gasteiger partial charge in [0.15, 0.2) is 17.2 Å². The number of phenols is 3. The summed E-state index contributed by atoms with van der Waals surface area (Å²) in [5, 5.41) is 52.3. The van der Waals surface area contributed by atoms with Crippen molar-refractivity contribution >= 4 is 42.3 Å². The molecule has 3 amide bonds. The van der Waals surface area contributed by atoms with Gasteiger partial charge in [0.25, 0.3) is 5.91 Å². The number of thiol groups is 1. The highest BCUT2D eigenvalue weighted by Crippen LogP contribution is 2.35. The normalized spacial score (nSPS) is 12.3. The van der Waals surface area contributed by atoms with Gasteiger partial charge >= 0.3 is 11.9 Å². The quantitative estimate of drug-likeness (QED) is 0.136. The first-order valence-corrected chi connectivity index (χ1v) is 9.27. The van der Waals surface area contributed by atoms with Crippen LogP contribution in [0.4, 0.5) is 0 Å². The molecule has 0 saturated heterocycles. The highest BCUT2D eigenvalue weighted by atomic mass is 32.1. The van der Waals surface area contributed by atoms with Gasteiger partial charge in [-0.15, -0.1) is 0 Å². The van der Waals surface area contributed by atoms with Gasteiger partial charge in [-0.2, -0.15) is 12.6 Å². The zero-order valence-electron chi connectivity index (χ0n) is 15.9. The number of aliphatic carboxylic acids is 2. The lowest BCUT2D eigenvalue weighted by Gasteiger charge is -2.22. The largest absolute Gasteiger partial charge is 0.504 e. The fraction of sp³-hybridized carbons (Fsp3) is 0.353. The van der Waals surface area contributed by atoms with E-state index < -0.39 is 72.0 Å². The van der Waals surface area contributed by atoms with Crippen molar-refractivity contribution < 1.29 is 49.5 Å². The summed E-state index contributed by atoms with van der Waals surface area (Å²) in [6.07, 6.45) is -0.903. The molecule has 170 valence electrons. The fourth-order valence-electron chi connectivity index (χ4n) is 2.27. The second-order valence-corrected chi connectivity index (χ2v) is 6.54. The van der Waals surface area contributed by atoms with Gasteiger partial charge < -0.3 is 41.5 Å². The topological polar surface area (TPSA) is 223 Å². The van der Waals surface area contributed by atoms with Crippen LogP contribution in [0.25, 0.3) is 0 Å². The number of benzene rings is 1. The van der Waals surface area contributed by atoms with Crippen LogP contribution < -0.4 is 16.0 Å². The van der Waals surface area contributed by atoms with Gasteiger partial charge in [-0.1, -0.05) is 0 Å². The van der Waals surface area contributed by atoms with E-state index in [-0.39, 0.29) is 17.7 Å². The zero-order chi connectivity index (χ0) is 23.7. The second-order valence-electron chi connectivity index (χ2n) is 6.18. The smallest absolute Gasteiger partial charge is 0.322 e. The first-order valence-electron chi connectivity index (χ1n) is 8.64. The lowest BCUT2D eigenvalue weighted by atomic mass is 10.1. The average molecular weight is 459 g/mol. The Morgan fingerprint density at radius 2 is 1.45 bits per heavy atom. The van der Waals surface area contributed by atoms with Crippen molar-refractivity contribution in [3.05, 3.63) is 17.7 Å². The molecule has 0 fully saturated rings. The molecule has 0 aliphatic heterocycles. The number of phenolic OH excluding ortho intramolecular Hbond substituents is 3. The van der Waals surface area contributed by atoms with E-state index in [0.717, 1.165) is 12.1 Å². The lowest BCUT2D eigenvalue weighted by Crippen LogP contribution is -2.55. The molecule has 1 aromatic rings. The van der Waals surface area contributed by atoms with Crippen molar-refractivity contribution in [3.63, 3.8) is 0 Å². The maximum atomic E-state index is 12.5. The Morgan fingerprint density at radius 3 is 1.94 bits per heavy atom. The van der Waals surface area contributed by atoms with Crippen LogP contribution in [0.1, 0.15) is 23.2 Å². The minimum absolute atomic E-state index is 0.226. The number of hydrogen-bond acceptors (Lipinski definition) is 9. The standard InChI is InChI=1S/C17H21N3O10S/c21-10-3-7(4-11(22)14(10)27)15(28)19-8(1-2-12(23)24)17(30)20-9(6-31)16(29)18-5-13(25)26/h3-4,8-9,21-22,27,31H,1-2,5-6H2,(H,18,29)(H,19,28)(H,20,30)(H,23,24)(H,25,26)/t8-,9-/m0/s1.